The van der Waals surface area contributed by atoms with Gasteiger partial charge in [-0.2, -0.15) is 26.3 Å². The van der Waals surface area contributed by atoms with Crippen LogP contribution in [0.4, 0.5) is 37.8 Å². The van der Waals surface area contributed by atoms with Gasteiger partial charge in [0.1, 0.15) is 5.82 Å². The van der Waals surface area contributed by atoms with Crippen molar-refractivity contribution in [2.75, 3.05) is 5.32 Å². The summed E-state index contributed by atoms with van der Waals surface area (Å²) in [7, 11) is 0. The van der Waals surface area contributed by atoms with Gasteiger partial charge in [-0.3, -0.25) is 0 Å². The molecule has 0 saturated heterocycles. The van der Waals surface area contributed by atoms with Gasteiger partial charge in [0.15, 0.2) is 5.82 Å². The second kappa shape index (κ2) is 5.99. The normalized spacial score (nSPS) is 14.0. The molecule has 0 fully saturated rings. The highest BCUT2D eigenvalue weighted by Crippen LogP contribution is 2.52. The lowest BCUT2D eigenvalue weighted by molar-refractivity contribution is -0.138. The largest absolute Gasteiger partial charge is 0.416 e. The molecule has 1 N–H and O–H groups in total. The first-order valence-electron chi connectivity index (χ1n) is 8.07. The Hall–Kier alpha value is -2.53. The van der Waals surface area contributed by atoms with Crippen molar-refractivity contribution in [3.05, 3.63) is 47.5 Å². The fraction of sp³-hybridized carbons (Fsp3) is 0.111. The predicted octanol–water partition coefficient (Wildman–Crippen LogP) is 7.04. The summed E-state index contributed by atoms with van der Waals surface area (Å²) in [6.07, 6.45) is -8.95. The van der Waals surface area contributed by atoms with Crippen LogP contribution < -0.4 is 5.32 Å². The highest BCUT2D eigenvalue weighted by atomic mass is 32.2. The maximum absolute atomic E-state index is 13.0. The number of hydrogen-bond donors (Lipinski definition) is 1. The summed E-state index contributed by atoms with van der Waals surface area (Å²) in [4.78, 5) is 10.5. The number of hydrogen-bond acceptors (Lipinski definition) is 5. The number of fused-ring (bicyclic) bond motifs is 5. The molecular formula is C18H7F6N3S2. The first kappa shape index (κ1) is 18.5. The SMILES string of the molecule is FC(F)(F)c1ccc2c(c1)Nc1nc3nc4cc(C(F)(F)F)ccc4sc-3c1S2. The molecule has 0 radical (unpaired) electrons. The van der Waals surface area contributed by atoms with E-state index < -0.39 is 23.5 Å². The van der Waals surface area contributed by atoms with Crippen LogP contribution in [0, 0.1) is 0 Å². The van der Waals surface area contributed by atoms with Crippen molar-refractivity contribution in [2.45, 2.75) is 22.1 Å². The summed E-state index contributed by atoms with van der Waals surface area (Å²) < 4.78 is 78.3. The molecule has 29 heavy (non-hydrogen) atoms. The van der Waals surface area contributed by atoms with E-state index in [0.717, 1.165) is 24.3 Å². The third-order valence-corrected chi connectivity index (χ3v) is 6.80. The van der Waals surface area contributed by atoms with Crippen molar-refractivity contribution < 1.29 is 26.3 Å². The predicted molar refractivity (Wildman–Crippen MR) is 97.9 cm³/mol. The molecule has 2 aromatic carbocycles. The van der Waals surface area contributed by atoms with Gasteiger partial charge < -0.3 is 5.32 Å². The smallest absolute Gasteiger partial charge is 0.338 e. The second-order valence-corrected chi connectivity index (χ2v) is 8.38. The zero-order valence-electron chi connectivity index (χ0n) is 13.9. The molecule has 0 bridgehead atoms. The summed E-state index contributed by atoms with van der Waals surface area (Å²) in [5.41, 5.74) is -1.15. The zero-order valence-corrected chi connectivity index (χ0v) is 15.6. The molecule has 0 aromatic heterocycles. The van der Waals surface area contributed by atoms with Crippen molar-refractivity contribution in [1.82, 2.24) is 9.97 Å². The molecule has 0 saturated carbocycles. The van der Waals surface area contributed by atoms with Gasteiger partial charge in [-0.15, -0.1) is 11.3 Å². The Bertz CT molecular complexity index is 1240. The van der Waals surface area contributed by atoms with E-state index in [1.54, 1.807) is 0 Å². The van der Waals surface area contributed by atoms with Gasteiger partial charge >= 0.3 is 12.4 Å². The van der Waals surface area contributed by atoms with Crippen molar-refractivity contribution >= 4 is 44.8 Å². The van der Waals surface area contributed by atoms with Crippen LogP contribution in [0.1, 0.15) is 11.1 Å². The van der Waals surface area contributed by atoms with Crippen LogP contribution in [0.2, 0.25) is 0 Å². The number of nitrogens with zero attached hydrogens (tertiary/aromatic N) is 2. The van der Waals surface area contributed by atoms with Gasteiger partial charge in [0, 0.05) is 4.90 Å². The third kappa shape index (κ3) is 3.08. The Kier molecular flexibility index (Phi) is 3.82. The van der Waals surface area contributed by atoms with E-state index in [2.05, 4.69) is 15.3 Å². The monoisotopic (exact) mass is 443 g/mol. The third-order valence-electron chi connectivity index (χ3n) is 4.34. The second-order valence-electron chi connectivity index (χ2n) is 6.27. The standard InChI is InChI=1S/C18H7F6N3S2/c19-17(20,21)7-1-3-11-9(5-7)25-15-13(28-11)14-16(27-15)26-10-6-8(18(22,23)24)2-4-12(10)29-14/h1-6H,(H,25,26,27). The average Bonchev–Trinajstić information content (AvgIpc) is 2.98. The van der Waals surface area contributed by atoms with Crippen LogP contribution in [0.15, 0.2) is 46.2 Å². The maximum Gasteiger partial charge on any atom is 0.416 e. The zero-order chi connectivity index (χ0) is 20.6. The lowest BCUT2D eigenvalue weighted by atomic mass is 10.2. The van der Waals surface area contributed by atoms with Crippen LogP contribution in [-0.2, 0) is 12.4 Å². The van der Waals surface area contributed by atoms with Crippen molar-refractivity contribution in [3.63, 3.8) is 0 Å². The average molecular weight is 443 g/mol. The lowest BCUT2D eigenvalue weighted by Gasteiger charge is -2.19. The first-order valence-corrected chi connectivity index (χ1v) is 9.70. The van der Waals surface area contributed by atoms with E-state index >= 15 is 0 Å². The minimum Gasteiger partial charge on any atom is -0.338 e. The summed E-state index contributed by atoms with van der Waals surface area (Å²) in [6, 6.07) is 6.71. The van der Waals surface area contributed by atoms with E-state index in [0.29, 0.717) is 25.2 Å². The maximum atomic E-state index is 13.0. The molecule has 2 aromatic rings. The Balaban J connectivity index is 1.62. The number of benzene rings is 2. The molecule has 3 nitrogen and oxygen atoms in total. The molecule has 3 aliphatic rings. The molecular weight excluding hydrogens is 436 g/mol. The van der Waals surface area contributed by atoms with Gasteiger partial charge in [0.2, 0.25) is 0 Å². The molecule has 0 amide bonds. The Labute approximate surface area is 167 Å². The van der Waals surface area contributed by atoms with Gasteiger partial charge in [-0.05, 0) is 36.4 Å². The van der Waals surface area contributed by atoms with Crippen LogP contribution in [0.25, 0.3) is 20.9 Å². The molecule has 5 rings (SSSR count). The van der Waals surface area contributed by atoms with Gasteiger partial charge in [0.25, 0.3) is 0 Å². The fourth-order valence-corrected chi connectivity index (χ4v) is 5.13. The molecule has 0 unspecified atom stereocenters. The van der Waals surface area contributed by atoms with Crippen molar-refractivity contribution in [1.29, 1.82) is 0 Å². The van der Waals surface area contributed by atoms with Gasteiger partial charge in [0.05, 0.1) is 36.8 Å². The summed E-state index contributed by atoms with van der Waals surface area (Å²) >= 11 is 2.49. The van der Waals surface area contributed by atoms with Gasteiger partial charge in [-0.25, -0.2) is 9.97 Å². The molecule has 3 aliphatic heterocycles. The van der Waals surface area contributed by atoms with Crippen LogP contribution in [0.3, 0.4) is 0 Å². The van der Waals surface area contributed by atoms with E-state index in [1.807, 2.05) is 0 Å². The number of halogens is 6. The number of aromatic nitrogens is 2. The lowest BCUT2D eigenvalue weighted by Crippen LogP contribution is -2.07. The Morgan fingerprint density at radius 1 is 0.828 bits per heavy atom. The highest BCUT2D eigenvalue weighted by Gasteiger charge is 2.34. The fourth-order valence-electron chi connectivity index (χ4n) is 2.99. The summed E-state index contributed by atoms with van der Waals surface area (Å²) in [5.74, 6) is 0.586. The first-order chi connectivity index (χ1) is 13.6. The van der Waals surface area contributed by atoms with Crippen LogP contribution >= 0.6 is 23.1 Å². The van der Waals surface area contributed by atoms with E-state index in [9.17, 15) is 26.3 Å². The molecule has 148 valence electrons. The van der Waals surface area contributed by atoms with E-state index in [-0.39, 0.29) is 17.0 Å². The molecule has 0 aliphatic carbocycles. The number of nitrogens with one attached hydrogen (secondary N) is 1. The van der Waals surface area contributed by atoms with E-state index in [4.69, 9.17) is 0 Å². The number of rotatable bonds is 0. The Morgan fingerprint density at radius 2 is 1.52 bits per heavy atom. The van der Waals surface area contributed by atoms with Gasteiger partial charge in [-0.1, -0.05) is 11.8 Å². The quantitative estimate of drug-likeness (QED) is 0.261. The van der Waals surface area contributed by atoms with Crippen molar-refractivity contribution in [2.24, 2.45) is 0 Å². The highest BCUT2D eigenvalue weighted by molar-refractivity contribution is 8.00. The molecule has 0 atom stereocenters. The minimum atomic E-state index is -4.48. The van der Waals surface area contributed by atoms with Crippen LogP contribution in [0.5, 0.6) is 0 Å². The Morgan fingerprint density at radius 3 is 2.24 bits per heavy atom. The van der Waals surface area contributed by atoms with Crippen LogP contribution in [-0.4, -0.2) is 9.97 Å². The minimum absolute atomic E-state index is 0.161. The van der Waals surface area contributed by atoms with E-state index in [1.165, 1.54) is 35.2 Å². The summed E-state index contributed by atoms with van der Waals surface area (Å²) in [5, 5.41) is 2.89. The number of anilines is 2. The number of alkyl halides is 6. The molecule has 11 heteroatoms. The summed E-state index contributed by atoms with van der Waals surface area (Å²) in [6.45, 7) is 0. The van der Waals surface area contributed by atoms with Crippen molar-refractivity contribution in [3.8, 4) is 10.7 Å². The topological polar surface area (TPSA) is 37.8 Å². The molecule has 3 heterocycles. The molecule has 0 spiro atoms.